The Morgan fingerprint density at radius 1 is 0.846 bits per heavy atom. The quantitative estimate of drug-likeness (QED) is 0.507. The van der Waals surface area contributed by atoms with E-state index in [1.165, 1.54) is 17.8 Å². The Balaban J connectivity index is 1.76. The van der Waals surface area contributed by atoms with Crippen LogP contribution in [-0.4, -0.2) is 12.2 Å². The van der Waals surface area contributed by atoms with E-state index in [4.69, 9.17) is 4.74 Å². The fourth-order valence-electron chi connectivity index (χ4n) is 7.16. The first-order valence-electron chi connectivity index (χ1n) is 6.06. The highest BCUT2D eigenvalue weighted by molar-refractivity contribution is 5.35. The molecule has 6 aliphatic rings. The van der Waals surface area contributed by atoms with Crippen LogP contribution in [0.3, 0.4) is 0 Å². The van der Waals surface area contributed by atoms with Crippen LogP contribution >= 0.6 is 0 Å². The molecule has 0 aromatic rings. The molecule has 1 aliphatic heterocycles. The molecule has 0 aromatic heterocycles. The summed E-state index contributed by atoms with van der Waals surface area (Å²) in [5, 5.41) is 0. The number of fused-ring (bicyclic) bond motifs is 4. The van der Waals surface area contributed by atoms with Gasteiger partial charge in [-0.1, -0.05) is 0 Å². The lowest BCUT2D eigenvalue weighted by Crippen LogP contribution is -2.47. The van der Waals surface area contributed by atoms with Crippen LogP contribution in [0.2, 0.25) is 0 Å². The van der Waals surface area contributed by atoms with Gasteiger partial charge in [-0.3, -0.25) is 0 Å². The van der Waals surface area contributed by atoms with E-state index in [1.54, 1.807) is 12.8 Å². The summed E-state index contributed by atoms with van der Waals surface area (Å²) in [5.74, 6) is 9.11. The summed E-state index contributed by atoms with van der Waals surface area (Å²) < 4.78 is 5.92. The van der Waals surface area contributed by atoms with Crippen LogP contribution in [0.5, 0.6) is 0 Å². The monoisotopic (exact) mass is 174 g/mol. The zero-order valence-electron chi connectivity index (χ0n) is 7.65. The predicted molar refractivity (Wildman–Crippen MR) is 45.8 cm³/mol. The summed E-state index contributed by atoms with van der Waals surface area (Å²) >= 11 is 0. The highest BCUT2D eigenvalue weighted by Gasteiger charge is 2.88. The molecule has 9 atom stereocenters. The standard InChI is InChI=1S/C12H14O/c1-4-5-2-6-8(4)9-7(1)10(5)12(3-13-12)11(6)9/h4-11H,1-3H2/t4-,5+,6+,7-,8+,9+,10-,11+,12-/m0/s1. The van der Waals surface area contributed by atoms with Gasteiger partial charge in [0.15, 0.2) is 0 Å². The fraction of sp³-hybridized carbons (Fsp3) is 1.00. The summed E-state index contributed by atoms with van der Waals surface area (Å²) in [6.45, 7) is 1.15. The normalized spacial score (nSPS) is 88.6. The molecular weight excluding hydrogens is 160 g/mol. The Morgan fingerprint density at radius 2 is 1.62 bits per heavy atom. The van der Waals surface area contributed by atoms with Crippen molar-refractivity contribution in [3.63, 3.8) is 0 Å². The van der Waals surface area contributed by atoms with E-state index in [0.29, 0.717) is 5.60 Å². The summed E-state index contributed by atoms with van der Waals surface area (Å²) in [6.07, 6.45) is 3.23. The molecule has 0 aromatic carbocycles. The minimum Gasteiger partial charge on any atom is -0.369 e. The van der Waals surface area contributed by atoms with Gasteiger partial charge in [0.1, 0.15) is 0 Å². The lowest BCUT2D eigenvalue weighted by atomic mass is 9.57. The molecule has 0 amide bonds. The summed E-state index contributed by atoms with van der Waals surface area (Å²) in [5.41, 5.74) is 0.505. The number of hydrogen-bond donors (Lipinski definition) is 0. The third kappa shape index (κ3) is 0.319. The number of hydrogen-bond acceptors (Lipinski definition) is 1. The van der Waals surface area contributed by atoms with Gasteiger partial charge in [-0.2, -0.15) is 0 Å². The highest BCUT2D eigenvalue weighted by atomic mass is 16.6. The van der Waals surface area contributed by atoms with Crippen molar-refractivity contribution in [2.75, 3.05) is 6.61 Å². The van der Waals surface area contributed by atoms with Gasteiger partial charge >= 0.3 is 0 Å². The second kappa shape index (κ2) is 1.25. The average Bonchev–Trinajstić information content (AvgIpc) is 2.54. The Hall–Kier alpha value is -0.0400. The smallest absolute Gasteiger partial charge is 0.0983 e. The lowest BCUT2D eigenvalue weighted by molar-refractivity contribution is -0.0168. The topological polar surface area (TPSA) is 12.5 Å². The van der Waals surface area contributed by atoms with Gasteiger partial charge in [0.2, 0.25) is 0 Å². The zero-order chi connectivity index (χ0) is 7.95. The van der Waals surface area contributed by atoms with Crippen molar-refractivity contribution in [2.24, 2.45) is 47.3 Å². The van der Waals surface area contributed by atoms with Crippen molar-refractivity contribution < 1.29 is 4.74 Å². The van der Waals surface area contributed by atoms with Crippen LogP contribution in [0, 0.1) is 47.3 Å². The number of epoxide rings is 1. The second-order valence-corrected chi connectivity index (χ2v) is 6.58. The van der Waals surface area contributed by atoms with Crippen molar-refractivity contribution in [3.8, 4) is 0 Å². The van der Waals surface area contributed by atoms with Gasteiger partial charge in [-0.15, -0.1) is 0 Å². The third-order valence-electron chi connectivity index (χ3n) is 6.97. The molecule has 13 heavy (non-hydrogen) atoms. The van der Waals surface area contributed by atoms with Gasteiger partial charge in [0, 0.05) is 0 Å². The first kappa shape index (κ1) is 5.75. The van der Waals surface area contributed by atoms with Crippen LogP contribution in [0.1, 0.15) is 12.8 Å². The minimum absolute atomic E-state index is 0.505. The van der Waals surface area contributed by atoms with Gasteiger partial charge in [-0.05, 0) is 60.2 Å². The molecule has 1 heterocycles. The maximum atomic E-state index is 5.92. The van der Waals surface area contributed by atoms with Gasteiger partial charge in [0.05, 0.1) is 12.2 Å². The van der Waals surface area contributed by atoms with E-state index in [-0.39, 0.29) is 0 Å². The molecule has 1 saturated heterocycles. The SMILES string of the molecule is C1[C@@H]2[C@@H]3C[C@H]4[C@@H]5[C@H]3[C@@H]1[C@H]5[C@]1(CO1)[C@@H]24. The van der Waals surface area contributed by atoms with Crippen LogP contribution in [0.15, 0.2) is 0 Å². The minimum atomic E-state index is 0.505. The molecule has 5 aliphatic carbocycles. The van der Waals surface area contributed by atoms with Crippen molar-refractivity contribution in [2.45, 2.75) is 18.4 Å². The van der Waals surface area contributed by atoms with Crippen LogP contribution < -0.4 is 0 Å². The Kier molecular flexibility index (Phi) is 0.551. The number of rotatable bonds is 0. The van der Waals surface area contributed by atoms with E-state index < -0.39 is 0 Å². The van der Waals surface area contributed by atoms with Crippen molar-refractivity contribution in [1.29, 1.82) is 0 Å². The Bertz CT molecular complexity index is 339. The fourth-order valence-corrected chi connectivity index (χ4v) is 7.16. The molecule has 6 rings (SSSR count). The predicted octanol–water partition coefficient (Wildman–Crippen LogP) is 1.53. The van der Waals surface area contributed by atoms with Crippen LogP contribution in [0.4, 0.5) is 0 Å². The highest BCUT2D eigenvalue weighted by Crippen LogP contribution is 2.87. The molecule has 0 unspecified atom stereocenters. The van der Waals surface area contributed by atoms with E-state index in [9.17, 15) is 0 Å². The van der Waals surface area contributed by atoms with E-state index >= 15 is 0 Å². The molecule has 6 fully saturated rings. The average molecular weight is 174 g/mol. The third-order valence-corrected chi connectivity index (χ3v) is 6.97. The zero-order valence-corrected chi connectivity index (χ0v) is 7.65. The molecule has 5 saturated carbocycles. The number of ether oxygens (including phenoxy) is 1. The Labute approximate surface area is 77.8 Å². The molecule has 1 nitrogen and oxygen atoms in total. The molecule has 68 valence electrons. The molecule has 1 spiro atoms. The maximum absolute atomic E-state index is 5.92. The van der Waals surface area contributed by atoms with Crippen molar-refractivity contribution in [1.82, 2.24) is 0 Å². The van der Waals surface area contributed by atoms with E-state index in [0.717, 1.165) is 36.2 Å². The van der Waals surface area contributed by atoms with Gasteiger partial charge < -0.3 is 4.74 Å². The van der Waals surface area contributed by atoms with Crippen molar-refractivity contribution >= 4 is 0 Å². The summed E-state index contributed by atoms with van der Waals surface area (Å²) in [6, 6.07) is 0. The first-order chi connectivity index (χ1) is 6.42. The van der Waals surface area contributed by atoms with Crippen LogP contribution in [0.25, 0.3) is 0 Å². The van der Waals surface area contributed by atoms with Crippen LogP contribution in [-0.2, 0) is 4.74 Å². The summed E-state index contributed by atoms with van der Waals surface area (Å²) in [4.78, 5) is 0. The molecular formula is C12H14O. The Morgan fingerprint density at radius 3 is 2.46 bits per heavy atom. The largest absolute Gasteiger partial charge is 0.369 e. The van der Waals surface area contributed by atoms with Gasteiger partial charge in [0.25, 0.3) is 0 Å². The van der Waals surface area contributed by atoms with Crippen molar-refractivity contribution in [3.05, 3.63) is 0 Å². The maximum Gasteiger partial charge on any atom is 0.0983 e. The lowest BCUT2D eigenvalue weighted by Gasteiger charge is -2.46. The second-order valence-electron chi connectivity index (χ2n) is 6.58. The summed E-state index contributed by atoms with van der Waals surface area (Å²) in [7, 11) is 0. The molecule has 0 radical (unpaired) electrons. The van der Waals surface area contributed by atoms with E-state index in [1.807, 2.05) is 0 Å². The van der Waals surface area contributed by atoms with Gasteiger partial charge in [-0.25, -0.2) is 0 Å². The molecule has 1 heteroatoms. The molecule has 0 N–H and O–H groups in total. The first-order valence-corrected chi connectivity index (χ1v) is 6.06. The van der Waals surface area contributed by atoms with E-state index in [2.05, 4.69) is 0 Å². The molecule has 2 bridgehead atoms.